The highest BCUT2D eigenvalue weighted by molar-refractivity contribution is 9.10. The number of nitrogens with one attached hydrogen (secondary N) is 1. The fourth-order valence-electron chi connectivity index (χ4n) is 1.99. The van der Waals surface area contributed by atoms with Crippen molar-refractivity contribution in [3.05, 3.63) is 64.4 Å². The first kappa shape index (κ1) is 18.1. The average molecular weight is 433 g/mol. The van der Waals surface area contributed by atoms with Crippen LogP contribution in [0.3, 0.4) is 0 Å². The number of carbonyl (C=O) groups is 2. The molecule has 132 valence electrons. The summed E-state index contributed by atoms with van der Waals surface area (Å²) in [5, 5.41) is 4.89. The lowest BCUT2D eigenvalue weighted by Crippen LogP contribution is -2.20. The van der Waals surface area contributed by atoms with Crippen LogP contribution in [-0.2, 0) is 14.3 Å². The number of hydrogen-bond donors (Lipinski definition) is 1. The Hall–Kier alpha value is -2.71. The number of furan rings is 1. The largest absolute Gasteiger partial charge is 0.465 e. The third kappa shape index (κ3) is 5.14. The lowest BCUT2D eigenvalue weighted by Gasteiger charge is -2.02. The first-order valence-electron chi connectivity index (χ1n) is 7.50. The van der Waals surface area contributed by atoms with Crippen LogP contribution in [0.25, 0.3) is 17.3 Å². The van der Waals surface area contributed by atoms with Gasteiger partial charge in [-0.2, -0.15) is 0 Å². The predicted octanol–water partition coefficient (Wildman–Crippen LogP) is 4.36. The molecule has 2 aromatic heterocycles. The Labute approximate surface area is 161 Å². The van der Waals surface area contributed by atoms with Gasteiger partial charge in [-0.1, -0.05) is 28.1 Å². The molecule has 0 aliphatic rings. The number of benzene rings is 1. The van der Waals surface area contributed by atoms with E-state index in [0.29, 0.717) is 10.9 Å². The maximum absolute atomic E-state index is 11.9. The quantitative estimate of drug-likeness (QED) is 0.462. The van der Waals surface area contributed by atoms with Crippen LogP contribution < -0.4 is 5.32 Å². The minimum atomic E-state index is -0.634. The van der Waals surface area contributed by atoms with E-state index < -0.39 is 18.5 Å². The number of esters is 1. The van der Waals surface area contributed by atoms with Gasteiger partial charge in [-0.15, -0.1) is 11.3 Å². The maximum Gasteiger partial charge on any atom is 0.331 e. The van der Waals surface area contributed by atoms with Crippen LogP contribution in [0.2, 0.25) is 0 Å². The van der Waals surface area contributed by atoms with Crippen LogP contribution >= 0.6 is 27.3 Å². The Morgan fingerprint density at radius 1 is 1.31 bits per heavy atom. The molecule has 0 spiro atoms. The number of thiazole rings is 1. The highest BCUT2D eigenvalue weighted by atomic mass is 79.9. The summed E-state index contributed by atoms with van der Waals surface area (Å²) in [5.41, 5.74) is 1.69. The van der Waals surface area contributed by atoms with E-state index in [1.165, 1.54) is 29.8 Å². The molecule has 8 heteroatoms. The second-order valence-electron chi connectivity index (χ2n) is 5.05. The fourth-order valence-corrected chi connectivity index (χ4v) is 3.12. The fraction of sp³-hybridized carbons (Fsp3) is 0.0556. The van der Waals surface area contributed by atoms with E-state index in [1.54, 1.807) is 12.1 Å². The standard InChI is InChI=1S/C18H13BrN2O4S/c19-13-4-1-3-12(9-13)15-11-26-18(20-15)21-16(22)10-25-17(23)7-6-14-5-2-8-24-14/h1-9,11H,10H2,(H,20,21,22). The van der Waals surface area contributed by atoms with Crippen molar-refractivity contribution < 1.29 is 18.7 Å². The van der Waals surface area contributed by atoms with Crippen molar-refractivity contribution in [2.24, 2.45) is 0 Å². The van der Waals surface area contributed by atoms with Crippen molar-refractivity contribution in [1.82, 2.24) is 4.98 Å². The Morgan fingerprint density at radius 3 is 2.96 bits per heavy atom. The second kappa shape index (κ2) is 8.59. The molecule has 2 heterocycles. The van der Waals surface area contributed by atoms with E-state index in [4.69, 9.17) is 9.15 Å². The lowest BCUT2D eigenvalue weighted by atomic mass is 10.2. The normalized spacial score (nSPS) is 10.8. The van der Waals surface area contributed by atoms with Crippen LogP contribution in [0, 0.1) is 0 Å². The minimum Gasteiger partial charge on any atom is -0.465 e. The molecule has 26 heavy (non-hydrogen) atoms. The Morgan fingerprint density at radius 2 is 2.19 bits per heavy atom. The van der Waals surface area contributed by atoms with E-state index in [2.05, 4.69) is 26.2 Å². The highest BCUT2D eigenvalue weighted by Crippen LogP contribution is 2.26. The molecule has 6 nitrogen and oxygen atoms in total. The molecule has 3 aromatic rings. The monoisotopic (exact) mass is 432 g/mol. The molecular weight excluding hydrogens is 420 g/mol. The predicted molar refractivity (Wildman–Crippen MR) is 103 cm³/mol. The van der Waals surface area contributed by atoms with E-state index in [9.17, 15) is 9.59 Å². The van der Waals surface area contributed by atoms with Gasteiger partial charge in [-0.25, -0.2) is 9.78 Å². The molecule has 0 aliphatic carbocycles. The average Bonchev–Trinajstić information content (AvgIpc) is 3.30. The van der Waals surface area contributed by atoms with Gasteiger partial charge in [0.05, 0.1) is 12.0 Å². The molecule has 1 N–H and O–H groups in total. The summed E-state index contributed by atoms with van der Waals surface area (Å²) >= 11 is 4.71. The van der Waals surface area contributed by atoms with Crippen LogP contribution in [0.4, 0.5) is 5.13 Å². The number of nitrogens with zero attached hydrogens (tertiary/aromatic N) is 1. The van der Waals surface area contributed by atoms with Gasteiger partial charge in [-0.05, 0) is 30.3 Å². The first-order valence-corrected chi connectivity index (χ1v) is 9.17. The van der Waals surface area contributed by atoms with Crippen LogP contribution in [0.1, 0.15) is 5.76 Å². The maximum atomic E-state index is 11.9. The number of hydrogen-bond acceptors (Lipinski definition) is 6. The van der Waals surface area contributed by atoms with Gasteiger partial charge in [0.25, 0.3) is 5.91 Å². The molecule has 0 saturated heterocycles. The minimum absolute atomic E-state index is 0.396. The lowest BCUT2D eigenvalue weighted by molar-refractivity contribution is -0.142. The number of carbonyl (C=O) groups excluding carboxylic acids is 2. The summed E-state index contributed by atoms with van der Waals surface area (Å²) in [5.74, 6) is -0.570. The zero-order valence-corrected chi connectivity index (χ0v) is 15.7. The number of halogens is 1. The van der Waals surface area contributed by atoms with E-state index in [-0.39, 0.29) is 0 Å². The second-order valence-corrected chi connectivity index (χ2v) is 6.83. The summed E-state index contributed by atoms with van der Waals surface area (Å²) in [7, 11) is 0. The van der Waals surface area contributed by atoms with Gasteiger partial charge >= 0.3 is 5.97 Å². The topological polar surface area (TPSA) is 81.4 Å². The molecule has 1 amide bonds. The number of amides is 1. The Balaban J connectivity index is 1.50. The third-order valence-corrected chi connectivity index (χ3v) is 4.39. The molecule has 0 bridgehead atoms. The summed E-state index contributed by atoms with van der Waals surface area (Å²) in [4.78, 5) is 27.8. The summed E-state index contributed by atoms with van der Waals surface area (Å²) in [6.45, 7) is -0.396. The molecular formula is C18H13BrN2O4S. The molecule has 0 fully saturated rings. The van der Waals surface area contributed by atoms with Crippen molar-refractivity contribution in [3.63, 3.8) is 0 Å². The van der Waals surface area contributed by atoms with Crippen molar-refractivity contribution in [2.75, 3.05) is 11.9 Å². The van der Waals surface area contributed by atoms with Crippen molar-refractivity contribution >= 4 is 50.4 Å². The Kier molecular flexibility index (Phi) is 5.98. The summed E-state index contributed by atoms with van der Waals surface area (Å²) in [6, 6.07) is 11.1. The molecule has 3 rings (SSSR count). The van der Waals surface area contributed by atoms with Gasteiger partial charge < -0.3 is 9.15 Å². The van der Waals surface area contributed by atoms with Gasteiger partial charge in [0.1, 0.15) is 5.76 Å². The van der Waals surface area contributed by atoms with E-state index in [0.717, 1.165) is 15.7 Å². The Bertz CT molecular complexity index is 934. The number of ether oxygens (including phenoxy) is 1. The molecule has 0 unspecified atom stereocenters. The number of anilines is 1. The SMILES string of the molecule is O=C(COC(=O)C=Cc1ccco1)Nc1nc(-c2cccc(Br)c2)cs1. The van der Waals surface area contributed by atoms with Crippen LogP contribution in [0.15, 0.2) is 63.0 Å². The number of aromatic nitrogens is 1. The van der Waals surface area contributed by atoms with Gasteiger partial charge in [-0.3, -0.25) is 10.1 Å². The zero-order chi connectivity index (χ0) is 18.4. The summed E-state index contributed by atoms with van der Waals surface area (Å²) < 4.78 is 10.9. The molecule has 0 atom stereocenters. The third-order valence-electron chi connectivity index (χ3n) is 3.14. The van der Waals surface area contributed by atoms with Gasteiger partial charge in [0.2, 0.25) is 0 Å². The molecule has 0 aliphatic heterocycles. The van der Waals surface area contributed by atoms with Crippen LogP contribution in [0.5, 0.6) is 0 Å². The van der Waals surface area contributed by atoms with Crippen molar-refractivity contribution in [2.45, 2.75) is 0 Å². The number of rotatable bonds is 6. The zero-order valence-electron chi connectivity index (χ0n) is 13.3. The van der Waals surface area contributed by atoms with Crippen molar-refractivity contribution in [1.29, 1.82) is 0 Å². The molecule has 0 saturated carbocycles. The smallest absolute Gasteiger partial charge is 0.331 e. The molecule has 1 aromatic carbocycles. The summed E-state index contributed by atoms with van der Waals surface area (Å²) in [6.07, 6.45) is 4.15. The van der Waals surface area contributed by atoms with Crippen LogP contribution in [-0.4, -0.2) is 23.5 Å². The van der Waals surface area contributed by atoms with Gasteiger partial charge in [0, 0.05) is 21.5 Å². The van der Waals surface area contributed by atoms with E-state index >= 15 is 0 Å². The van der Waals surface area contributed by atoms with Crippen molar-refractivity contribution in [3.8, 4) is 11.3 Å². The van der Waals surface area contributed by atoms with Gasteiger partial charge in [0.15, 0.2) is 11.7 Å². The first-order chi connectivity index (χ1) is 12.6. The highest BCUT2D eigenvalue weighted by Gasteiger charge is 2.10. The molecule has 0 radical (unpaired) electrons. The van der Waals surface area contributed by atoms with E-state index in [1.807, 2.05) is 29.6 Å².